The van der Waals surface area contributed by atoms with Gasteiger partial charge in [-0.25, -0.2) is 0 Å². The van der Waals surface area contributed by atoms with E-state index in [1.807, 2.05) is 6.92 Å². The lowest BCUT2D eigenvalue weighted by atomic mass is 10.0. The van der Waals surface area contributed by atoms with Crippen molar-refractivity contribution in [1.29, 1.82) is 0 Å². The maximum Gasteiger partial charge on any atom is 0.306 e. The van der Waals surface area contributed by atoms with Crippen molar-refractivity contribution < 1.29 is 19.7 Å². The summed E-state index contributed by atoms with van der Waals surface area (Å²) in [5.74, 6) is -0.200. The molecule has 0 bridgehead atoms. The second-order valence-electron chi connectivity index (χ2n) is 6.87. The second-order valence-corrected chi connectivity index (χ2v) is 6.87. The van der Waals surface area contributed by atoms with E-state index in [1.54, 1.807) is 0 Å². The van der Waals surface area contributed by atoms with E-state index in [2.05, 4.69) is 6.92 Å². The van der Waals surface area contributed by atoms with Gasteiger partial charge in [0.05, 0.1) is 12.7 Å². The molecular formula is C20H40O4. The summed E-state index contributed by atoms with van der Waals surface area (Å²) >= 11 is 0. The summed E-state index contributed by atoms with van der Waals surface area (Å²) in [4.78, 5) is 11.5. The van der Waals surface area contributed by atoms with Gasteiger partial charge in [0.15, 0.2) is 0 Å². The van der Waals surface area contributed by atoms with E-state index < -0.39 is 0 Å². The van der Waals surface area contributed by atoms with Gasteiger partial charge in [-0.1, -0.05) is 71.6 Å². The van der Waals surface area contributed by atoms with Crippen LogP contribution in [0.5, 0.6) is 0 Å². The summed E-state index contributed by atoms with van der Waals surface area (Å²) in [6.07, 6.45) is 13.9. The van der Waals surface area contributed by atoms with Gasteiger partial charge in [0.25, 0.3) is 0 Å². The summed E-state index contributed by atoms with van der Waals surface area (Å²) in [5.41, 5.74) is 0. The van der Waals surface area contributed by atoms with Gasteiger partial charge in [-0.15, -0.1) is 0 Å². The molecule has 0 saturated heterocycles. The van der Waals surface area contributed by atoms with Crippen LogP contribution in [0.2, 0.25) is 0 Å². The average molecular weight is 345 g/mol. The van der Waals surface area contributed by atoms with Crippen LogP contribution in [0.4, 0.5) is 0 Å². The molecule has 0 fully saturated rings. The first-order valence-corrected chi connectivity index (χ1v) is 10.1. The molecule has 24 heavy (non-hydrogen) atoms. The number of carbonyl (C=O) groups excluding carboxylic acids is 1. The number of aliphatic hydroxyl groups is 2. The molecule has 0 aliphatic carbocycles. The lowest BCUT2D eigenvalue weighted by molar-refractivity contribution is -0.151. The zero-order valence-electron chi connectivity index (χ0n) is 16.0. The Hall–Kier alpha value is -0.610. The fourth-order valence-corrected chi connectivity index (χ4v) is 2.80. The Labute approximate surface area is 149 Å². The van der Waals surface area contributed by atoms with Crippen molar-refractivity contribution in [2.24, 2.45) is 0 Å². The third-order valence-electron chi connectivity index (χ3n) is 4.52. The lowest BCUT2D eigenvalue weighted by Crippen LogP contribution is -2.20. The van der Waals surface area contributed by atoms with Crippen LogP contribution in [0, 0.1) is 0 Å². The summed E-state index contributed by atoms with van der Waals surface area (Å²) in [6, 6.07) is 0. The van der Waals surface area contributed by atoms with Gasteiger partial charge in [-0.3, -0.25) is 4.79 Å². The maximum atomic E-state index is 11.5. The van der Waals surface area contributed by atoms with E-state index in [4.69, 9.17) is 9.84 Å². The molecule has 0 amide bonds. The molecule has 4 heteroatoms. The van der Waals surface area contributed by atoms with Crippen molar-refractivity contribution in [3.8, 4) is 0 Å². The van der Waals surface area contributed by atoms with Crippen molar-refractivity contribution in [2.45, 2.75) is 116 Å². The van der Waals surface area contributed by atoms with Crippen molar-refractivity contribution >= 4 is 5.97 Å². The smallest absolute Gasteiger partial charge is 0.306 e. The van der Waals surface area contributed by atoms with E-state index in [1.165, 1.54) is 25.7 Å². The van der Waals surface area contributed by atoms with Crippen LogP contribution in [0.25, 0.3) is 0 Å². The van der Waals surface area contributed by atoms with Gasteiger partial charge in [0.1, 0.15) is 6.10 Å². The highest BCUT2D eigenvalue weighted by Gasteiger charge is 2.10. The van der Waals surface area contributed by atoms with Gasteiger partial charge < -0.3 is 14.9 Å². The standard InChI is InChI=1S/C20H40O4/c1-3-5-6-8-11-14-18(22)15-12-9-7-10-13-16-20(23)24-19(4-2)17-21/h18-19,21-22H,3-17H2,1-2H3. The van der Waals surface area contributed by atoms with Crippen LogP contribution in [0.3, 0.4) is 0 Å². The summed E-state index contributed by atoms with van der Waals surface area (Å²) in [5, 5.41) is 18.9. The molecule has 0 aliphatic heterocycles. The van der Waals surface area contributed by atoms with Gasteiger partial charge in [-0.2, -0.15) is 0 Å². The number of ether oxygens (including phenoxy) is 1. The predicted molar refractivity (Wildman–Crippen MR) is 99.0 cm³/mol. The largest absolute Gasteiger partial charge is 0.460 e. The Bertz CT molecular complexity index is 277. The summed E-state index contributed by atoms with van der Waals surface area (Å²) in [6.45, 7) is 4.02. The number of carbonyl (C=O) groups is 1. The molecule has 2 N–H and O–H groups in total. The lowest BCUT2D eigenvalue weighted by Gasteiger charge is -2.13. The molecular weight excluding hydrogens is 304 g/mol. The van der Waals surface area contributed by atoms with Gasteiger partial charge in [0, 0.05) is 6.42 Å². The Morgan fingerprint density at radius 3 is 1.96 bits per heavy atom. The molecule has 2 atom stereocenters. The first kappa shape index (κ1) is 23.4. The van der Waals surface area contributed by atoms with Crippen LogP contribution in [0.1, 0.15) is 104 Å². The quantitative estimate of drug-likeness (QED) is 0.295. The van der Waals surface area contributed by atoms with Crippen molar-refractivity contribution in [3.05, 3.63) is 0 Å². The second kappa shape index (κ2) is 17.2. The Balaban J connectivity index is 3.36. The van der Waals surface area contributed by atoms with E-state index >= 15 is 0 Å². The summed E-state index contributed by atoms with van der Waals surface area (Å²) in [7, 11) is 0. The van der Waals surface area contributed by atoms with E-state index in [0.29, 0.717) is 12.8 Å². The molecule has 0 aromatic carbocycles. The highest BCUT2D eigenvalue weighted by Crippen LogP contribution is 2.14. The third-order valence-corrected chi connectivity index (χ3v) is 4.52. The van der Waals surface area contributed by atoms with Crippen molar-refractivity contribution in [1.82, 2.24) is 0 Å². The number of aliphatic hydroxyl groups excluding tert-OH is 2. The topological polar surface area (TPSA) is 66.8 Å². The first-order chi connectivity index (χ1) is 11.6. The molecule has 0 aliphatic rings. The normalized spacial score (nSPS) is 13.7. The van der Waals surface area contributed by atoms with E-state index in [-0.39, 0.29) is 24.8 Å². The molecule has 0 heterocycles. The molecule has 2 unspecified atom stereocenters. The zero-order valence-corrected chi connectivity index (χ0v) is 16.0. The van der Waals surface area contributed by atoms with Crippen molar-refractivity contribution in [3.63, 3.8) is 0 Å². The van der Waals surface area contributed by atoms with Crippen LogP contribution in [-0.2, 0) is 9.53 Å². The minimum Gasteiger partial charge on any atom is -0.460 e. The highest BCUT2D eigenvalue weighted by molar-refractivity contribution is 5.69. The minimum atomic E-state index is -0.346. The molecule has 144 valence electrons. The van der Waals surface area contributed by atoms with E-state index in [9.17, 15) is 9.90 Å². The van der Waals surface area contributed by atoms with Crippen LogP contribution < -0.4 is 0 Å². The maximum absolute atomic E-state index is 11.5. The van der Waals surface area contributed by atoms with E-state index in [0.717, 1.165) is 51.4 Å². The van der Waals surface area contributed by atoms with Gasteiger partial charge >= 0.3 is 5.97 Å². The highest BCUT2D eigenvalue weighted by atomic mass is 16.5. The molecule has 0 saturated carbocycles. The molecule has 0 rings (SSSR count). The molecule has 0 aromatic rings. The van der Waals surface area contributed by atoms with Crippen LogP contribution in [-0.4, -0.2) is 35.0 Å². The monoisotopic (exact) mass is 344 g/mol. The van der Waals surface area contributed by atoms with Crippen molar-refractivity contribution in [2.75, 3.05) is 6.61 Å². The zero-order chi connectivity index (χ0) is 18.0. The number of unbranched alkanes of at least 4 members (excludes halogenated alkanes) is 8. The fraction of sp³-hybridized carbons (Fsp3) is 0.950. The number of esters is 1. The number of hydrogen-bond donors (Lipinski definition) is 2. The molecule has 0 radical (unpaired) electrons. The minimum absolute atomic E-state index is 0.0941. The fourth-order valence-electron chi connectivity index (χ4n) is 2.80. The number of hydrogen-bond acceptors (Lipinski definition) is 4. The SMILES string of the molecule is CCCCCCCC(O)CCCCCCCC(=O)OC(CC)CO. The van der Waals surface area contributed by atoms with Crippen LogP contribution in [0.15, 0.2) is 0 Å². The summed E-state index contributed by atoms with van der Waals surface area (Å²) < 4.78 is 5.15. The predicted octanol–water partition coefficient (Wildman–Crippen LogP) is 4.75. The Morgan fingerprint density at radius 1 is 0.875 bits per heavy atom. The Kier molecular flexibility index (Phi) is 16.8. The molecule has 0 spiro atoms. The Morgan fingerprint density at radius 2 is 1.42 bits per heavy atom. The average Bonchev–Trinajstić information content (AvgIpc) is 2.58. The molecule has 4 nitrogen and oxygen atoms in total. The van der Waals surface area contributed by atoms with Gasteiger partial charge in [-0.05, 0) is 25.7 Å². The van der Waals surface area contributed by atoms with Gasteiger partial charge in [0.2, 0.25) is 0 Å². The third kappa shape index (κ3) is 14.9. The molecule has 0 aromatic heterocycles. The first-order valence-electron chi connectivity index (χ1n) is 10.1. The number of rotatable bonds is 17. The van der Waals surface area contributed by atoms with Crippen LogP contribution >= 0.6 is 0 Å².